The van der Waals surface area contributed by atoms with E-state index in [1.807, 2.05) is 0 Å². The number of phenols is 1. The van der Waals surface area contributed by atoms with Gasteiger partial charge in [0.1, 0.15) is 5.75 Å². The fraction of sp³-hybridized carbons (Fsp3) is 0.417. The first-order chi connectivity index (χ1) is 8.11. The van der Waals surface area contributed by atoms with Crippen LogP contribution in [0, 0.1) is 5.92 Å². The van der Waals surface area contributed by atoms with E-state index in [9.17, 15) is 9.90 Å². The molecule has 1 amide bonds. The van der Waals surface area contributed by atoms with E-state index in [2.05, 4.69) is 15.9 Å². The molecule has 0 saturated carbocycles. The molecule has 1 heterocycles. The lowest BCUT2D eigenvalue weighted by molar-refractivity contribution is 0.0788. The van der Waals surface area contributed by atoms with Crippen LogP contribution in [0.5, 0.6) is 5.75 Å². The highest BCUT2D eigenvalue weighted by Crippen LogP contribution is 2.26. The van der Waals surface area contributed by atoms with Gasteiger partial charge in [0.25, 0.3) is 5.91 Å². The van der Waals surface area contributed by atoms with Crippen molar-refractivity contribution >= 4 is 33.4 Å². The minimum absolute atomic E-state index is 0.0639. The summed E-state index contributed by atoms with van der Waals surface area (Å²) in [5.74, 6) is 0.471. The molecule has 1 saturated heterocycles. The average molecular weight is 319 g/mol. The van der Waals surface area contributed by atoms with Gasteiger partial charge in [-0.2, -0.15) is 0 Å². The van der Waals surface area contributed by atoms with Crippen LogP contribution < -0.4 is 0 Å². The molecular formula is C12H13BrClNO2. The molecule has 1 aliphatic rings. The Morgan fingerprint density at radius 1 is 1.59 bits per heavy atom. The van der Waals surface area contributed by atoms with Gasteiger partial charge in [-0.05, 0) is 30.5 Å². The summed E-state index contributed by atoms with van der Waals surface area (Å²) in [5, 5.41) is 10.7. The SMILES string of the molecule is O=C(c1cc(O)ccc1Cl)N1CCC(CBr)C1. The Labute approximate surface area is 114 Å². The first kappa shape index (κ1) is 12.7. The maximum atomic E-state index is 12.2. The van der Waals surface area contributed by atoms with Gasteiger partial charge in [0.15, 0.2) is 0 Å². The van der Waals surface area contributed by atoms with Crippen molar-refractivity contribution in [1.29, 1.82) is 0 Å². The number of hydrogen-bond donors (Lipinski definition) is 1. The number of carbonyl (C=O) groups is 1. The van der Waals surface area contributed by atoms with Gasteiger partial charge in [-0.25, -0.2) is 0 Å². The third kappa shape index (κ3) is 2.75. The van der Waals surface area contributed by atoms with E-state index in [0.717, 1.165) is 24.8 Å². The maximum absolute atomic E-state index is 12.2. The molecule has 0 radical (unpaired) electrons. The van der Waals surface area contributed by atoms with Crippen molar-refractivity contribution in [2.24, 2.45) is 5.92 Å². The number of alkyl halides is 1. The third-order valence-electron chi connectivity index (χ3n) is 2.97. The highest BCUT2D eigenvalue weighted by atomic mass is 79.9. The van der Waals surface area contributed by atoms with E-state index < -0.39 is 0 Å². The number of halogens is 2. The summed E-state index contributed by atoms with van der Waals surface area (Å²) in [4.78, 5) is 14.0. The van der Waals surface area contributed by atoms with Crippen LogP contribution in [0.25, 0.3) is 0 Å². The Bertz CT molecular complexity index is 439. The van der Waals surface area contributed by atoms with Gasteiger partial charge in [-0.15, -0.1) is 0 Å². The zero-order valence-corrected chi connectivity index (χ0v) is 11.5. The predicted octanol–water partition coefficient (Wildman–Crippen LogP) is 2.90. The summed E-state index contributed by atoms with van der Waals surface area (Å²) in [7, 11) is 0. The minimum atomic E-state index is -0.102. The van der Waals surface area contributed by atoms with Crippen molar-refractivity contribution in [2.75, 3.05) is 18.4 Å². The van der Waals surface area contributed by atoms with E-state index in [-0.39, 0.29) is 11.7 Å². The molecular weight excluding hydrogens is 305 g/mol. The number of benzene rings is 1. The smallest absolute Gasteiger partial charge is 0.255 e. The zero-order valence-electron chi connectivity index (χ0n) is 9.20. The van der Waals surface area contributed by atoms with Crippen molar-refractivity contribution in [3.05, 3.63) is 28.8 Å². The highest BCUT2D eigenvalue weighted by Gasteiger charge is 2.27. The molecule has 0 aliphatic carbocycles. The van der Waals surface area contributed by atoms with E-state index in [1.165, 1.54) is 12.1 Å². The van der Waals surface area contributed by atoms with E-state index in [0.29, 0.717) is 16.5 Å². The zero-order chi connectivity index (χ0) is 12.4. The largest absolute Gasteiger partial charge is 0.508 e. The van der Waals surface area contributed by atoms with Crippen LogP contribution in [0.1, 0.15) is 16.8 Å². The van der Waals surface area contributed by atoms with Crippen LogP contribution in [0.15, 0.2) is 18.2 Å². The number of amides is 1. The predicted molar refractivity (Wildman–Crippen MR) is 70.9 cm³/mol. The molecule has 1 aromatic carbocycles. The van der Waals surface area contributed by atoms with E-state index >= 15 is 0 Å². The monoisotopic (exact) mass is 317 g/mol. The van der Waals surface area contributed by atoms with Gasteiger partial charge < -0.3 is 10.0 Å². The summed E-state index contributed by atoms with van der Waals surface area (Å²) in [6.07, 6.45) is 1.01. The molecule has 1 unspecified atom stereocenters. The number of nitrogens with zero attached hydrogens (tertiary/aromatic N) is 1. The summed E-state index contributed by atoms with van der Waals surface area (Å²) in [6.45, 7) is 1.50. The number of hydrogen-bond acceptors (Lipinski definition) is 2. The van der Waals surface area contributed by atoms with E-state index in [4.69, 9.17) is 11.6 Å². The number of rotatable bonds is 2. The highest BCUT2D eigenvalue weighted by molar-refractivity contribution is 9.09. The Morgan fingerprint density at radius 3 is 3.00 bits per heavy atom. The van der Waals surface area contributed by atoms with Crippen LogP contribution in [0.3, 0.4) is 0 Å². The summed E-state index contributed by atoms with van der Waals surface area (Å²) in [5.41, 5.74) is 0.377. The van der Waals surface area contributed by atoms with Crippen molar-refractivity contribution < 1.29 is 9.90 Å². The second-order valence-electron chi connectivity index (χ2n) is 4.22. The minimum Gasteiger partial charge on any atom is -0.508 e. The number of likely N-dealkylation sites (tertiary alicyclic amines) is 1. The Morgan fingerprint density at radius 2 is 2.35 bits per heavy atom. The van der Waals surface area contributed by atoms with E-state index in [1.54, 1.807) is 11.0 Å². The molecule has 1 aromatic rings. The first-order valence-corrected chi connectivity index (χ1v) is 6.95. The summed E-state index contributed by atoms with van der Waals surface area (Å²) < 4.78 is 0. The van der Waals surface area contributed by atoms with Crippen LogP contribution in [-0.4, -0.2) is 34.3 Å². The molecule has 1 atom stereocenters. The lowest BCUT2D eigenvalue weighted by Crippen LogP contribution is -2.29. The topological polar surface area (TPSA) is 40.5 Å². The van der Waals surface area contributed by atoms with Crippen molar-refractivity contribution in [2.45, 2.75) is 6.42 Å². The Balaban J connectivity index is 2.17. The Hall–Kier alpha value is -0.740. The molecule has 5 heteroatoms. The number of phenolic OH excluding ortho intramolecular Hbond substituents is 1. The average Bonchev–Trinajstić information content (AvgIpc) is 2.80. The normalized spacial score (nSPS) is 19.6. The van der Waals surface area contributed by atoms with Gasteiger partial charge in [0.05, 0.1) is 10.6 Å². The Kier molecular flexibility index (Phi) is 3.94. The van der Waals surface area contributed by atoms with Gasteiger partial charge in [0.2, 0.25) is 0 Å². The van der Waals surface area contributed by atoms with Crippen LogP contribution in [0.4, 0.5) is 0 Å². The lowest BCUT2D eigenvalue weighted by atomic mass is 10.1. The maximum Gasteiger partial charge on any atom is 0.255 e. The number of aromatic hydroxyl groups is 1. The second kappa shape index (κ2) is 5.27. The third-order valence-corrected chi connectivity index (χ3v) is 4.22. The van der Waals surface area contributed by atoms with Crippen molar-refractivity contribution in [3.63, 3.8) is 0 Å². The van der Waals surface area contributed by atoms with Gasteiger partial charge in [-0.1, -0.05) is 27.5 Å². The van der Waals surface area contributed by atoms with Crippen LogP contribution >= 0.6 is 27.5 Å². The van der Waals surface area contributed by atoms with Crippen LogP contribution in [-0.2, 0) is 0 Å². The molecule has 1 N–H and O–H groups in total. The molecule has 0 bridgehead atoms. The van der Waals surface area contributed by atoms with Gasteiger partial charge in [-0.3, -0.25) is 4.79 Å². The molecule has 0 aromatic heterocycles. The fourth-order valence-corrected chi connectivity index (χ4v) is 2.72. The van der Waals surface area contributed by atoms with Crippen molar-refractivity contribution in [1.82, 2.24) is 4.90 Å². The second-order valence-corrected chi connectivity index (χ2v) is 5.28. The molecule has 0 spiro atoms. The molecule has 1 aliphatic heterocycles. The molecule has 2 rings (SSSR count). The van der Waals surface area contributed by atoms with Gasteiger partial charge in [0, 0.05) is 18.4 Å². The molecule has 92 valence electrons. The molecule has 3 nitrogen and oxygen atoms in total. The summed E-state index contributed by atoms with van der Waals surface area (Å²) in [6, 6.07) is 4.44. The lowest BCUT2D eigenvalue weighted by Gasteiger charge is -2.17. The number of carbonyl (C=O) groups excluding carboxylic acids is 1. The van der Waals surface area contributed by atoms with Gasteiger partial charge >= 0.3 is 0 Å². The standard InChI is InChI=1S/C12H13BrClNO2/c13-6-8-3-4-15(7-8)12(17)10-5-9(16)1-2-11(10)14/h1-2,5,8,16H,3-4,6-7H2. The van der Waals surface area contributed by atoms with Crippen LogP contribution in [0.2, 0.25) is 5.02 Å². The fourth-order valence-electron chi connectivity index (χ4n) is 1.99. The molecule has 17 heavy (non-hydrogen) atoms. The first-order valence-electron chi connectivity index (χ1n) is 5.45. The van der Waals surface area contributed by atoms with Crippen molar-refractivity contribution in [3.8, 4) is 5.75 Å². The molecule has 1 fully saturated rings. The quantitative estimate of drug-likeness (QED) is 0.852. The summed E-state index contributed by atoms with van der Waals surface area (Å²) >= 11 is 9.40.